The number of nitrogens with zero attached hydrogens (tertiary/aromatic N) is 1. The molecular formula is C13H21NO5S. The fourth-order valence-corrected chi connectivity index (χ4v) is 4.32. The zero-order valence-electron chi connectivity index (χ0n) is 12.4. The van der Waals surface area contributed by atoms with Gasteiger partial charge in [-0.15, -0.1) is 0 Å². The minimum Gasteiger partial charge on any atom is -0.478 e. The minimum atomic E-state index is -3.89. The second-order valence-electron chi connectivity index (χ2n) is 4.93. The van der Waals surface area contributed by atoms with Crippen LogP contribution in [0.25, 0.3) is 0 Å². The summed E-state index contributed by atoms with van der Waals surface area (Å²) in [5, 5.41) is 9.23. The summed E-state index contributed by atoms with van der Waals surface area (Å²) in [7, 11) is -3.89. The van der Waals surface area contributed by atoms with E-state index >= 15 is 0 Å². The van der Waals surface area contributed by atoms with Crippen LogP contribution in [0.1, 0.15) is 49.1 Å². The monoisotopic (exact) mass is 303 g/mol. The number of sulfonamides is 1. The molecule has 0 saturated carbocycles. The van der Waals surface area contributed by atoms with Gasteiger partial charge in [-0.05, 0) is 34.1 Å². The Morgan fingerprint density at radius 2 is 1.85 bits per heavy atom. The summed E-state index contributed by atoms with van der Waals surface area (Å²) in [6.07, 6.45) is 0.649. The normalized spacial score (nSPS) is 12.3. The first-order valence-electron chi connectivity index (χ1n) is 6.49. The highest BCUT2D eigenvalue weighted by Gasteiger charge is 2.35. The molecule has 114 valence electrons. The van der Waals surface area contributed by atoms with Crippen LogP contribution < -0.4 is 0 Å². The molecule has 6 nitrogen and oxygen atoms in total. The van der Waals surface area contributed by atoms with E-state index in [0.717, 1.165) is 0 Å². The van der Waals surface area contributed by atoms with Crippen molar-refractivity contribution in [2.45, 2.75) is 52.0 Å². The zero-order chi connectivity index (χ0) is 15.7. The van der Waals surface area contributed by atoms with Gasteiger partial charge in [0.2, 0.25) is 10.0 Å². The van der Waals surface area contributed by atoms with Crippen molar-refractivity contribution >= 4 is 16.0 Å². The molecule has 0 fully saturated rings. The minimum absolute atomic E-state index is 0.105. The van der Waals surface area contributed by atoms with Crippen LogP contribution in [0.3, 0.4) is 0 Å². The molecule has 0 saturated heterocycles. The fraction of sp³-hybridized carbons (Fsp3) is 0.615. The van der Waals surface area contributed by atoms with Gasteiger partial charge >= 0.3 is 5.97 Å². The summed E-state index contributed by atoms with van der Waals surface area (Å²) >= 11 is 0. The van der Waals surface area contributed by atoms with Gasteiger partial charge in [0.15, 0.2) is 0 Å². The molecule has 0 aliphatic heterocycles. The van der Waals surface area contributed by atoms with E-state index in [1.165, 1.54) is 18.2 Å². The molecule has 0 radical (unpaired) electrons. The molecule has 0 amide bonds. The second kappa shape index (κ2) is 5.97. The van der Waals surface area contributed by atoms with Gasteiger partial charge in [0.1, 0.15) is 22.0 Å². The van der Waals surface area contributed by atoms with E-state index < -0.39 is 16.0 Å². The van der Waals surface area contributed by atoms with Crippen molar-refractivity contribution in [3.8, 4) is 0 Å². The van der Waals surface area contributed by atoms with Gasteiger partial charge in [-0.3, -0.25) is 0 Å². The van der Waals surface area contributed by atoms with Gasteiger partial charge in [-0.25, -0.2) is 13.2 Å². The molecule has 1 aromatic heterocycles. The SMILES string of the molecule is CCCN(C(C)C)S(=O)(=O)c1c(C)oc(C)c1C(=O)O. The third-order valence-corrected chi connectivity index (χ3v) is 5.23. The fourth-order valence-electron chi connectivity index (χ4n) is 2.21. The van der Waals surface area contributed by atoms with Gasteiger partial charge in [0.05, 0.1) is 0 Å². The van der Waals surface area contributed by atoms with Crippen LogP contribution in [0.4, 0.5) is 0 Å². The first-order valence-corrected chi connectivity index (χ1v) is 7.93. The number of furan rings is 1. The molecule has 0 spiro atoms. The van der Waals surface area contributed by atoms with Gasteiger partial charge in [0, 0.05) is 12.6 Å². The zero-order valence-corrected chi connectivity index (χ0v) is 13.2. The Morgan fingerprint density at radius 1 is 1.30 bits per heavy atom. The number of rotatable bonds is 6. The van der Waals surface area contributed by atoms with Crippen LogP contribution in [0.5, 0.6) is 0 Å². The summed E-state index contributed by atoms with van der Waals surface area (Å²) in [6, 6.07) is -0.254. The Labute approximate surface area is 119 Å². The highest BCUT2D eigenvalue weighted by molar-refractivity contribution is 7.89. The molecule has 0 bridgehead atoms. The molecular weight excluding hydrogens is 282 g/mol. The molecule has 0 aliphatic carbocycles. The van der Waals surface area contributed by atoms with E-state index in [-0.39, 0.29) is 28.0 Å². The average Bonchev–Trinajstić information content (AvgIpc) is 2.60. The number of aryl methyl sites for hydroxylation is 2. The Hall–Kier alpha value is -1.34. The van der Waals surface area contributed by atoms with E-state index in [0.29, 0.717) is 13.0 Å². The van der Waals surface area contributed by atoms with E-state index in [9.17, 15) is 18.3 Å². The standard InChI is InChI=1S/C13H21NO5S/c1-6-7-14(8(2)3)20(17,18)12-10(5)19-9(4)11(12)13(15)16/h8H,6-7H2,1-5H3,(H,15,16). The van der Waals surface area contributed by atoms with E-state index in [1.54, 1.807) is 13.8 Å². The molecule has 0 aromatic carbocycles. The predicted molar refractivity (Wildman–Crippen MR) is 74.5 cm³/mol. The number of carbonyl (C=O) groups is 1. The Morgan fingerprint density at radius 3 is 2.25 bits per heavy atom. The Kier molecular flexibility index (Phi) is 4.99. The van der Waals surface area contributed by atoms with Crippen LogP contribution in [-0.2, 0) is 10.0 Å². The average molecular weight is 303 g/mol. The third-order valence-electron chi connectivity index (χ3n) is 3.01. The number of hydrogen-bond donors (Lipinski definition) is 1. The summed E-state index contributed by atoms with van der Waals surface area (Å²) in [5.74, 6) is -1.08. The van der Waals surface area contributed by atoms with Crippen molar-refractivity contribution < 1.29 is 22.7 Å². The van der Waals surface area contributed by atoms with Crippen molar-refractivity contribution in [2.24, 2.45) is 0 Å². The Bertz CT molecular complexity index is 601. The number of carboxylic acids is 1. The van der Waals surface area contributed by atoms with Gasteiger partial charge < -0.3 is 9.52 Å². The third kappa shape index (κ3) is 2.88. The molecule has 0 aliphatic rings. The summed E-state index contributed by atoms with van der Waals surface area (Å²) < 4.78 is 32.0. The quantitative estimate of drug-likeness (QED) is 0.871. The summed E-state index contributed by atoms with van der Waals surface area (Å²) in [4.78, 5) is 11.1. The lowest BCUT2D eigenvalue weighted by Crippen LogP contribution is -2.38. The topological polar surface area (TPSA) is 87.8 Å². The lowest BCUT2D eigenvalue weighted by molar-refractivity contribution is 0.0691. The number of hydrogen-bond acceptors (Lipinski definition) is 4. The Balaban J connectivity index is 3.53. The summed E-state index contributed by atoms with van der Waals surface area (Å²) in [6.45, 7) is 8.65. The van der Waals surface area contributed by atoms with E-state index in [4.69, 9.17) is 4.42 Å². The molecule has 1 aromatic rings. The number of aromatic carboxylic acids is 1. The second-order valence-corrected chi connectivity index (χ2v) is 6.76. The maximum absolute atomic E-state index is 12.7. The highest BCUT2D eigenvalue weighted by Crippen LogP contribution is 2.30. The maximum Gasteiger partial charge on any atom is 0.340 e. The van der Waals surface area contributed by atoms with Crippen LogP contribution in [0, 0.1) is 13.8 Å². The molecule has 1 heterocycles. The van der Waals surface area contributed by atoms with Crippen LogP contribution in [0.2, 0.25) is 0 Å². The number of carboxylic acid groups (broad SMARTS) is 1. The van der Waals surface area contributed by atoms with E-state index in [1.807, 2.05) is 6.92 Å². The van der Waals surface area contributed by atoms with Gasteiger partial charge in [0.25, 0.3) is 0 Å². The molecule has 7 heteroatoms. The van der Waals surface area contributed by atoms with Crippen molar-refractivity contribution in [2.75, 3.05) is 6.54 Å². The lowest BCUT2D eigenvalue weighted by atomic mass is 10.2. The van der Waals surface area contributed by atoms with Crippen molar-refractivity contribution in [1.29, 1.82) is 0 Å². The lowest BCUT2D eigenvalue weighted by Gasteiger charge is -2.25. The smallest absolute Gasteiger partial charge is 0.340 e. The van der Waals surface area contributed by atoms with E-state index in [2.05, 4.69) is 0 Å². The largest absolute Gasteiger partial charge is 0.478 e. The first kappa shape index (κ1) is 16.7. The van der Waals surface area contributed by atoms with Crippen LogP contribution >= 0.6 is 0 Å². The van der Waals surface area contributed by atoms with Crippen LogP contribution in [-0.4, -0.2) is 36.4 Å². The van der Waals surface area contributed by atoms with Crippen molar-refractivity contribution in [3.63, 3.8) is 0 Å². The molecule has 20 heavy (non-hydrogen) atoms. The van der Waals surface area contributed by atoms with Crippen molar-refractivity contribution in [1.82, 2.24) is 4.31 Å². The van der Waals surface area contributed by atoms with Gasteiger partial charge in [-0.2, -0.15) is 4.31 Å². The van der Waals surface area contributed by atoms with Crippen molar-refractivity contribution in [3.05, 3.63) is 17.1 Å². The van der Waals surface area contributed by atoms with Gasteiger partial charge in [-0.1, -0.05) is 6.92 Å². The summed E-state index contributed by atoms with van der Waals surface area (Å²) in [5.41, 5.74) is -0.274. The predicted octanol–water partition coefficient (Wildman–Crippen LogP) is 2.40. The van der Waals surface area contributed by atoms with Crippen LogP contribution in [0.15, 0.2) is 9.31 Å². The maximum atomic E-state index is 12.7. The highest BCUT2D eigenvalue weighted by atomic mass is 32.2. The first-order chi connectivity index (χ1) is 9.14. The molecule has 1 N–H and O–H groups in total. The molecule has 0 unspecified atom stereocenters. The molecule has 1 rings (SSSR count). The molecule has 0 atom stereocenters.